The van der Waals surface area contributed by atoms with Crippen molar-refractivity contribution in [2.75, 3.05) is 19.6 Å². The number of aromatic nitrogens is 1. The van der Waals surface area contributed by atoms with E-state index in [1.165, 1.54) is 42.6 Å². The fourth-order valence-electron chi connectivity index (χ4n) is 2.81. The van der Waals surface area contributed by atoms with Gasteiger partial charge >= 0.3 is 11.9 Å². The lowest BCUT2D eigenvalue weighted by molar-refractivity contribution is -0.159. The molecule has 1 aliphatic rings. The minimum atomic E-state index is -1.82. The second kappa shape index (κ2) is 10.2. The highest BCUT2D eigenvalue weighted by Gasteiger charge is 2.11. The topological polar surface area (TPSA) is 90.7 Å². The summed E-state index contributed by atoms with van der Waals surface area (Å²) in [5.41, 5.74) is 4.83. The highest BCUT2D eigenvalue weighted by atomic mass is 16.4. The van der Waals surface area contributed by atoms with Gasteiger partial charge in [-0.1, -0.05) is 42.0 Å². The summed E-state index contributed by atoms with van der Waals surface area (Å²) in [6.07, 6.45) is 6.86. The number of aliphatic carboxylic acids is 2. The van der Waals surface area contributed by atoms with E-state index in [1.807, 2.05) is 12.3 Å². The van der Waals surface area contributed by atoms with Crippen molar-refractivity contribution in [3.8, 4) is 0 Å². The molecule has 6 heteroatoms. The van der Waals surface area contributed by atoms with Gasteiger partial charge in [0, 0.05) is 18.3 Å². The highest BCUT2D eigenvalue weighted by Crippen LogP contribution is 2.22. The van der Waals surface area contributed by atoms with Crippen molar-refractivity contribution in [3.05, 3.63) is 71.6 Å². The quantitative estimate of drug-likeness (QED) is 0.806. The summed E-state index contributed by atoms with van der Waals surface area (Å²) in [5.74, 6) is -3.65. The minimum Gasteiger partial charge on any atom is -0.473 e. The van der Waals surface area contributed by atoms with E-state index >= 15 is 0 Å². The third-order valence-electron chi connectivity index (χ3n) is 4.24. The van der Waals surface area contributed by atoms with Crippen LogP contribution in [0.2, 0.25) is 0 Å². The molecule has 2 N–H and O–H groups in total. The smallest absolute Gasteiger partial charge is 0.414 e. The van der Waals surface area contributed by atoms with Crippen molar-refractivity contribution in [2.24, 2.45) is 0 Å². The molecule has 1 aromatic heterocycles. The standard InChI is InChI=1S/C19H22N2.C2H2O4/c1-16-7-9-17(10-8-16)18(19-6-2-3-12-20-19)11-15-21-13-4-5-14-21;3-1(4)2(5)6/h2-3,6-12H,4-5,13-15H2,1H3;(H,3,4)(H,5,6). The van der Waals surface area contributed by atoms with Crippen LogP contribution in [0.4, 0.5) is 0 Å². The predicted octanol–water partition coefficient (Wildman–Crippen LogP) is 3.07. The van der Waals surface area contributed by atoms with Gasteiger partial charge in [-0.05, 0) is 50.6 Å². The maximum atomic E-state index is 9.10. The van der Waals surface area contributed by atoms with Gasteiger partial charge in [0.05, 0.1) is 5.69 Å². The van der Waals surface area contributed by atoms with Crippen LogP contribution in [0, 0.1) is 6.92 Å². The number of hydrogen-bond acceptors (Lipinski definition) is 4. The Morgan fingerprint density at radius 2 is 1.67 bits per heavy atom. The SMILES string of the molecule is Cc1ccc(C(=CCN2CCCC2)c2ccccn2)cc1.O=C(O)C(=O)O. The van der Waals surface area contributed by atoms with Crippen LogP contribution in [0.5, 0.6) is 0 Å². The molecule has 1 aliphatic heterocycles. The average molecular weight is 368 g/mol. The number of nitrogens with zero attached hydrogens (tertiary/aromatic N) is 2. The Hall–Kier alpha value is -2.99. The zero-order valence-electron chi connectivity index (χ0n) is 15.3. The summed E-state index contributed by atoms with van der Waals surface area (Å²) >= 11 is 0. The number of carbonyl (C=O) groups is 2. The molecule has 142 valence electrons. The number of pyridine rings is 1. The van der Waals surface area contributed by atoms with E-state index in [0.717, 1.165) is 12.2 Å². The predicted molar refractivity (Wildman–Crippen MR) is 103 cm³/mol. The first kappa shape index (κ1) is 20.3. The molecular weight excluding hydrogens is 344 g/mol. The van der Waals surface area contributed by atoms with Gasteiger partial charge in [-0.25, -0.2) is 9.59 Å². The zero-order chi connectivity index (χ0) is 19.6. The van der Waals surface area contributed by atoms with Gasteiger partial charge in [0.15, 0.2) is 0 Å². The molecule has 0 bridgehead atoms. The molecule has 6 nitrogen and oxygen atoms in total. The summed E-state index contributed by atoms with van der Waals surface area (Å²) in [4.78, 5) is 25.2. The Balaban J connectivity index is 0.000000380. The minimum absolute atomic E-state index is 1.01. The molecule has 0 atom stereocenters. The summed E-state index contributed by atoms with van der Waals surface area (Å²) in [6, 6.07) is 14.8. The van der Waals surface area contributed by atoms with Gasteiger partial charge in [-0.15, -0.1) is 0 Å². The van der Waals surface area contributed by atoms with Crippen LogP contribution in [-0.4, -0.2) is 51.7 Å². The lowest BCUT2D eigenvalue weighted by Crippen LogP contribution is -2.19. The summed E-state index contributed by atoms with van der Waals surface area (Å²) < 4.78 is 0. The van der Waals surface area contributed by atoms with Gasteiger partial charge in [-0.3, -0.25) is 9.88 Å². The fraction of sp³-hybridized carbons (Fsp3) is 0.286. The number of carboxylic acids is 2. The van der Waals surface area contributed by atoms with E-state index in [1.54, 1.807) is 0 Å². The van der Waals surface area contributed by atoms with Gasteiger partial charge in [-0.2, -0.15) is 0 Å². The van der Waals surface area contributed by atoms with Crippen LogP contribution < -0.4 is 0 Å². The second-order valence-corrected chi connectivity index (χ2v) is 6.32. The van der Waals surface area contributed by atoms with Crippen LogP contribution in [0.15, 0.2) is 54.7 Å². The van der Waals surface area contributed by atoms with E-state index in [0.29, 0.717) is 0 Å². The Labute approximate surface area is 158 Å². The van der Waals surface area contributed by atoms with Crippen molar-refractivity contribution >= 4 is 17.5 Å². The van der Waals surface area contributed by atoms with Gasteiger partial charge < -0.3 is 10.2 Å². The Morgan fingerprint density at radius 3 is 2.19 bits per heavy atom. The highest BCUT2D eigenvalue weighted by molar-refractivity contribution is 6.27. The van der Waals surface area contributed by atoms with Crippen LogP contribution in [-0.2, 0) is 9.59 Å². The molecule has 1 fully saturated rings. The lowest BCUT2D eigenvalue weighted by atomic mass is 10.0. The number of benzene rings is 1. The molecule has 2 heterocycles. The molecule has 0 unspecified atom stereocenters. The normalized spacial score (nSPS) is 14.3. The molecule has 1 aromatic carbocycles. The van der Waals surface area contributed by atoms with E-state index < -0.39 is 11.9 Å². The van der Waals surface area contributed by atoms with Crippen molar-refractivity contribution in [1.82, 2.24) is 9.88 Å². The monoisotopic (exact) mass is 368 g/mol. The summed E-state index contributed by atoms with van der Waals surface area (Å²) in [6.45, 7) is 5.58. The van der Waals surface area contributed by atoms with Gasteiger partial charge in [0.25, 0.3) is 0 Å². The fourth-order valence-corrected chi connectivity index (χ4v) is 2.81. The molecule has 1 saturated heterocycles. The van der Waals surface area contributed by atoms with Crippen molar-refractivity contribution in [2.45, 2.75) is 19.8 Å². The molecular formula is C21H24N2O4. The third kappa shape index (κ3) is 6.67. The molecule has 0 spiro atoms. The van der Waals surface area contributed by atoms with Crippen LogP contribution in [0.3, 0.4) is 0 Å². The van der Waals surface area contributed by atoms with Crippen LogP contribution in [0.1, 0.15) is 29.7 Å². The van der Waals surface area contributed by atoms with Crippen LogP contribution >= 0.6 is 0 Å². The first-order chi connectivity index (χ1) is 13.0. The summed E-state index contributed by atoms with van der Waals surface area (Å²) in [7, 11) is 0. The first-order valence-electron chi connectivity index (χ1n) is 8.84. The van der Waals surface area contributed by atoms with Gasteiger partial charge in [0.1, 0.15) is 0 Å². The zero-order valence-corrected chi connectivity index (χ0v) is 15.3. The molecule has 0 aliphatic carbocycles. The number of aryl methyl sites for hydroxylation is 1. The van der Waals surface area contributed by atoms with E-state index in [4.69, 9.17) is 19.8 Å². The van der Waals surface area contributed by atoms with Crippen molar-refractivity contribution in [3.63, 3.8) is 0 Å². The third-order valence-corrected chi connectivity index (χ3v) is 4.24. The second-order valence-electron chi connectivity index (χ2n) is 6.32. The van der Waals surface area contributed by atoms with Gasteiger partial charge in [0.2, 0.25) is 0 Å². The molecule has 0 radical (unpaired) electrons. The lowest BCUT2D eigenvalue weighted by Gasteiger charge is -2.14. The summed E-state index contributed by atoms with van der Waals surface area (Å²) in [5, 5.41) is 14.8. The Morgan fingerprint density at radius 1 is 1.04 bits per heavy atom. The van der Waals surface area contributed by atoms with E-state index in [-0.39, 0.29) is 0 Å². The number of hydrogen-bond donors (Lipinski definition) is 2. The number of rotatable bonds is 4. The average Bonchev–Trinajstić information content (AvgIpc) is 3.18. The molecule has 2 aromatic rings. The van der Waals surface area contributed by atoms with Crippen LogP contribution in [0.25, 0.3) is 5.57 Å². The molecule has 27 heavy (non-hydrogen) atoms. The van der Waals surface area contributed by atoms with E-state index in [9.17, 15) is 0 Å². The maximum absolute atomic E-state index is 9.10. The molecule has 0 saturated carbocycles. The van der Waals surface area contributed by atoms with Crippen molar-refractivity contribution < 1.29 is 19.8 Å². The maximum Gasteiger partial charge on any atom is 0.414 e. The number of likely N-dealkylation sites (tertiary alicyclic amines) is 1. The Bertz CT molecular complexity index is 768. The first-order valence-corrected chi connectivity index (χ1v) is 8.84. The Kier molecular flexibility index (Phi) is 7.70. The number of carboxylic acid groups (broad SMARTS) is 2. The largest absolute Gasteiger partial charge is 0.473 e. The van der Waals surface area contributed by atoms with E-state index in [2.05, 4.69) is 59.3 Å². The van der Waals surface area contributed by atoms with Crippen molar-refractivity contribution in [1.29, 1.82) is 0 Å². The molecule has 0 amide bonds. The molecule has 3 rings (SSSR count).